The number of ether oxygens (including phenoxy) is 1. The number of carbonyl (C=O) groups excluding carboxylic acids is 1. The number of aromatic nitrogens is 4. The van der Waals surface area contributed by atoms with E-state index in [-0.39, 0.29) is 11.2 Å². The summed E-state index contributed by atoms with van der Waals surface area (Å²) in [5.74, 6) is 0.731. The molecular formula is C18H19N5O2S. The summed E-state index contributed by atoms with van der Waals surface area (Å²) in [6.07, 6.45) is 0. The standard InChI is InChI=1S/C18H19N5O2S/c1-13(17(24)22(2)14-7-5-4-6-8-14)26-18-19-20-21-23(18)15-9-11-16(25-3)12-10-15/h4-13H,1-3H3/t13-/m1/s1. The highest BCUT2D eigenvalue weighted by Gasteiger charge is 2.23. The van der Waals surface area contributed by atoms with Crippen molar-refractivity contribution in [1.29, 1.82) is 0 Å². The normalized spacial score (nSPS) is 11.8. The third-order valence-electron chi connectivity index (χ3n) is 3.86. The van der Waals surface area contributed by atoms with Crippen LogP contribution < -0.4 is 9.64 Å². The molecule has 1 atom stereocenters. The average molecular weight is 369 g/mol. The number of benzene rings is 2. The average Bonchev–Trinajstić information content (AvgIpc) is 3.15. The Morgan fingerprint density at radius 3 is 2.50 bits per heavy atom. The predicted octanol–water partition coefficient (Wildman–Crippen LogP) is 2.81. The molecule has 1 aromatic heterocycles. The summed E-state index contributed by atoms with van der Waals surface area (Å²) in [6.45, 7) is 1.85. The molecular weight excluding hydrogens is 350 g/mol. The van der Waals surface area contributed by atoms with Crippen LogP contribution in [0.5, 0.6) is 5.75 Å². The van der Waals surface area contributed by atoms with Crippen molar-refractivity contribution in [2.75, 3.05) is 19.1 Å². The molecule has 0 aliphatic carbocycles. The molecule has 0 radical (unpaired) electrons. The van der Waals surface area contributed by atoms with Gasteiger partial charge in [0.05, 0.1) is 18.0 Å². The lowest BCUT2D eigenvalue weighted by atomic mass is 10.3. The van der Waals surface area contributed by atoms with Crippen LogP contribution in [0.25, 0.3) is 5.69 Å². The van der Waals surface area contributed by atoms with Gasteiger partial charge in [-0.2, -0.15) is 4.68 Å². The number of amides is 1. The quantitative estimate of drug-likeness (QED) is 0.622. The van der Waals surface area contributed by atoms with Gasteiger partial charge >= 0.3 is 0 Å². The molecule has 2 aromatic carbocycles. The Labute approximate surface area is 156 Å². The zero-order chi connectivity index (χ0) is 18.5. The van der Waals surface area contributed by atoms with E-state index in [9.17, 15) is 4.79 Å². The SMILES string of the molecule is COc1ccc(-n2nnnc2S[C@H](C)C(=O)N(C)c2ccccc2)cc1. The van der Waals surface area contributed by atoms with Crippen molar-refractivity contribution in [1.82, 2.24) is 20.2 Å². The van der Waals surface area contributed by atoms with Crippen LogP contribution in [0.1, 0.15) is 6.92 Å². The van der Waals surface area contributed by atoms with E-state index in [1.54, 1.807) is 23.7 Å². The minimum Gasteiger partial charge on any atom is -0.497 e. The zero-order valence-electron chi connectivity index (χ0n) is 14.7. The number of methoxy groups -OCH3 is 1. The fraction of sp³-hybridized carbons (Fsp3) is 0.222. The van der Waals surface area contributed by atoms with Gasteiger partial charge in [-0.15, -0.1) is 5.10 Å². The predicted molar refractivity (Wildman–Crippen MR) is 101 cm³/mol. The molecule has 0 N–H and O–H groups in total. The zero-order valence-corrected chi connectivity index (χ0v) is 15.6. The number of carbonyl (C=O) groups is 1. The lowest BCUT2D eigenvalue weighted by Crippen LogP contribution is -2.33. The van der Waals surface area contributed by atoms with Crippen LogP contribution in [0.2, 0.25) is 0 Å². The second-order valence-electron chi connectivity index (χ2n) is 5.56. The van der Waals surface area contributed by atoms with Crippen molar-refractivity contribution in [2.24, 2.45) is 0 Å². The third-order valence-corrected chi connectivity index (χ3v) is 4.88. The van der Waals surface area contributed by atoms with Gasteiger partial charge in [0.25, 0.3) is 0 Å². The van der Waals surface area contributed by atoms with Gasteiger partial charge < -0.3 is 9.64 Å². The maximum absolute atomic E-state index is 12.7. The maximum Gasteiger partial charge on any atom is 0.240 e. The number of tetrazole rings is 1. The summed E-state index contributed by atoms with van der Waals surface area (Å²) in [6, 6.07) is 16.9. The molecule has 0 aliphatic heterocycles. The van der Waals surface area contributed by atoms with Crippen LogP contribution >= 0.6 is 11.8 Å². The summed E-state index contributed by atoms with van der Waals surface area (Å²) < 4.78 is 6.77. The summed E-state index contributed by atoms with van der Waals surface area (Å²) >= 11 is 1.32. The molecule has 0 saturated heterocycles. The van der Waals surface area contributed by atoms with E-state index in [2.05, 4.69) is 15.5 Å². The molecule has 1 heterocycles. The van der Waals surface area contributed by atoms with E-state index in [0.29, 0.717) is 5.16 Å². The molecule has 3 rings (SSSR count). The molecule has 8 heteroatoms. The lowest BCUT2D eigenvalue weighted by molar-refractivity contribution is -0.117. The van der Waals surface area contributed by atoms with Gasteiger partial charge in [-0.05, 0) is 53.7 Å². The van der Waals surface area contributed by atoms with Gasteiger partial charge in [-0.1, -0.05) is 30.0 Å². The first-order chi connectivity index (χ1) is 12.6. The smallest absolute Gasteiger partial charge is 0.240 e. The number of para-hydroxylation sites is 1. The Kier molecular flexibility index (Phi) is 5.52. The second-order valence-corrected chi connectivity index (χ2v) is 6.87. The number of thioether (sulfide) groups is 1. The van der Waals surface area contributed by atoms with Crippen molar-refractivity contribution < 1.29 is 9.53 Å². The molecule has 0 aliphatic rings. The summed E-state index contributed by atoms with van der Waals surface area (Å²) in [7, 11) is 3.38. The Morgan fingerprint density at radius 1 is 1.15 bits per heavy atom. The van der Waals surface area contributed by atoms with E-state index in [1.807, 2.05) is 61.5 Å². The molecule has 0 spiro atoms. The van der Waals surface area contributed by atoms with Gasteiger partial charge in [-0.3, -0.25) is 4.79 Å². The topological polar surface area (TPSA) is 73.1 Å². The summed E-state index contributed by atoms with van der Waals surface area (Å²) in [5.41, 5.74) is 1.65. The van der Waals surface area contributed by atoms with Gasteiger partial charge in [-0.25, -0.2) is 0 Å². The highest BCUT2D eigenvalue weighted by atomic mass is 32.2. The largest absolute Gasteiger partial charge is 0.497 e. The number of hydrogen-bond acceptors (Lipinski definition) is 6. The summed E-state index contributed by atoms with van der Waals surface area (Å²) in [5, 5.41) is 12.0. The first-order valence-corrected chi connectivity index (χ1v) is 8.90. The Hall–Kier alpha value is -2.87. The molecule has 7 nitrogen and oxygen atoms in total. The van der Waals surface area contributed by atoms with Crippen molar-refractivity contribution in [3.05, 3.63) is 54.6 Å². The van der Waals surface area contributed by atoms with E-state index in [4.69, 9.17) is 4.74 Å². The fourth-order valence-corrected chi connectivity index (χ4v) is 3.30. The van der Waals surface area contributed by atoms with Gasteiger partial charge in [0, 0.05) is 12.7 Å². The second kappa shape index (κ2) is 8.01. The fourth-order valence-electron chi connectivity index (χ4n) is 2.40. The molecule has 26 heavy (non-hydrogen) atoms. The van der Waals surface area contributed by atoms with E-state index in [1.165, 1.54) is 11.8 Å². The molecule has 0 saturated carbocycles. The molecule has 134 valence electrons. The number of rotatable bonds is 6. The lowest BCUT2D eigenvalue weighted by Gasteiger charge is -2.20. The van der Waals surface area contributed by atoms with Gasteiger partial charge in [0.15, 0.2) is 0 Å². The van der Waals surface area contributed by atoms with Crippen LogP contribution in [-0.2, 0) is 4.79 Å². The maximum atomic E-state index is 12.7. The van der Waals surface area contributed by atoms with Gasteiger partial charge in [0.2, 0.25) is 11.1 Å². The first kappa shape index (κ1) is 17.9. The van der Waals surface area contributed by atoms with Crippen LogP contribution in [0.4, 0.5) is 5.69 Å². The number of hydrogen-bond donors (Lipinski definition) is 0. The van der Waals surface area contributed by atoms with Crippen molar-refractivity contribution in [3.63, 3.8) is 0 Å². The molecule has 1 amide bonds. The van der Waals surface area contributed by atoms with Crippen LogP contribution in [0.15, 0.2) is 59.8 Å². The molecule has 0 bridgehead atoms. The van der Waals surface area contributed by atoms with Crippen LogP contribution in [-0.4, -0.2) is 45.5 Å². The Balaban J connectivity index is 1.75. The number of anilines is 1. The Bertz CT molecular complexity index is 867. The van der Waals surface area contributed by atoms with Crippen LogP contribution in [0.3, 0.4) is 0 Å². The Morgan fingerprint density at radius 2 is 1.85 bits per heavy atom. The first-order valence-electron chi connectivity index (χ1n) is 8.02. The van der Waals surface area contributed by atoms with Crippen molar-refractivity contribution in [3.8, 4) is 11.4 Å². The third kappa shape index (κ3) is 3.85. The van der Waals surface area contributed by atoms with E-state index in [0.717, 1.165) is 17.1 Å². The van der Waals surface area contributed by atoms with E-state index >= 15 is 0 Å². The molecule has 0 unspecified atom stereocenters. The van der Waals surface area contributed by atoms with Crippen molar-refractivity contribution >= 4 is 23.4 Å². The number of nitrogens with zero attached hydrogens (tertiary/aromatic N) is 5. The van der Waals surface area contributed by atoms with Crippen LogP contribution in [0, 0.1) is 0 Å². The highest BCUT2D eigenvalue weighted by Crippen LogP contribution is 2.26. The minimum absolute atomic E-state index is 0.0227. The highest BCUT2D eigenvalue weighted by molar-refractivity contribution is 8.00. The van der Waals surface area contributed by atoms with Crippen molar-refractivity contribution in [2.45, 2.75) is 17.3 Å². The molecule has 3 aromatic rings. The monoisotopic (exact) mass is 369 g/mol. The van der Waals surface area contributed by atoms with Gasteiger partial charge in [0.1, 0.15) is 5.75 Å². The van der Waals surface area contributed by atoms with E-state index < -0.39 is 0 Å². The molecule has 0 fully saturated rings. The summed E-state index contributed by atoms with van der Waals surface area (Å²) in [4.78, 5) is 14.3. The minimum atomic E-state index is -0.344.